The Hall–Kier alpha value is -4.65. The first kappa shape index (κ1) is 38.6. The highest BCUT2D eigenvalue weighted by Gasteiger charge is 2.25. The number of aryl methyl sites for hydroxylation is 1. The minimum atomic E-state index is -3.78. The van der Waals surface area contributed by atoms with Crippen LogP contribution in [0, 0.1) is 0 Å². The maximum absolute atomic E-state index is 14.1. The van der Waals surface area contributed by atoms with Crippen LogP contribution in [0.25, 0.3) is 10.8 Å². The van der Waals surface area contributed by atoms with Gasteiger partial charge in [-0.05, 0) is 61.3 Å². The van der Waals surface area contributed by atoms with Gasteiger partial charge < -0.3 is 5.32 Å². The van der Waals surface area contributed by atoms with E-state index in [1.807, 2.05) is 60.8 Å². The predicted octanol–water partition coefficient (Wildman–Crippen LogP) is 6.96. The van der Waals surface area contributed by atoms with Crippen LogP contribution in [0.1, 0.15) is 69.2 Å². The monoisotopic (exact) mass is 741 g/mol. The Balaban J connectivity index is 1.30. The standard InChI is InChI=1S/C40H47N5O5S2/c1-2-3-4-9-22-35-31-45(44-43-35)38(30-32-17-7-5-8-18-32)40(46)42-34(27-29-51(47,48)36-23-10-6-11-24-36)21-14-15-28-41-52(49,50)39-26-16-20-33-19-12-13-25-37(33)39/h5-8,10-13,16-20,23-27,29,31,34,38,41H,2-4,9,14-15,21-22,28,30H2,1H3,(H,42,46)/b29-27+/t34-,38-/m0/s1. The number of sulfonamides is 1. The Morgan fingerprint density at radius 1 is 0.808 bits per heavy atom. The Morgan fingerprint density at radius 3 is 2.29 bits per heavy atom. The van der Waals surface area contributed by atoms with E-state index in [9.17, 15) is 21.6 Å². The van der Waals surface area contributed by atoms with Gasteiger partial charge in [-0.15, -0.1) is 5.10 Å². The second-order valence-corrected chi connectivity index (χ2v) is 16.4. The van der Waals surface area contributed by atoms with E-state index in [1.54, 1.807) is 41.1 Å². The molecule has 4 aromatic carbocycles. The molecule has 0 bridgehead atoms. The number of amides is 1. The average Bonchev–Trinajstić information content (AvgIpc) is 3.63. The largest absolute Gasteiger partial charge is 0.348 e. The predicted molar refractivity (Wildman–Crippen MR) is 205 cm³/mol. The van der Waals surface area contributed by atoms with Crippen LogP contribution in [0.5, 0.6) is 0 Å². The maximum atomic E-state index is 14.1. The third-order valence-corrected chi connectivity index (χ3v) is 11.9. The van der Waals surface area contributed by atoms with Gasteiger partial charge in [-0.3, -0.25) is 4.79 Å². The van der Waals surface area contributed by atoms with Gasteiger partial charge >= 0.3 is 0 Å². The summed E-state index contributed by atoms with van der Waals surface area (Å²) < 4.78 is 57.1. The summed E-state index contributed by atoms with van der Waals surface area (Å²) in [6, 6.07) is 28.9. The molecule has 0 aliphatic carbocycles. The highest BCUT2D eigenvalue weighted by Crippen LogP contribution is 2.23. The van der Waals surface area contributed by atoms with Crippen molar-refractivity contribution in [3.8, 4) is 0 Å². The molecule has 0 spiro atoms. The molecule has 0 saturated heterocycles. The highest BCUT2D eigenvalue weighted by atomic mass is 32.2. The van der Waals surface area contributed by atoms with Gasteiger partial charge in [0.1, 0.15) is 6.04 Å². The van der Waals surface area contributed by atoms with Crippen molar-refractivity contribution >= 4 is 36.5 Å². The molecule has 0 fully saturated rings. The van der Waals surface area contributed by atoms with E-state index in [0.717, 1.165) is 54.2 Å². The van der Waals surface area contributed by atoms with Crippen LogP contribution < -0.4 is 10.0 Å². The number of nitrogens with zero attached hydrogens (tertiary/aromatic N) is 3. The highest BCUT2D eigenvalue weighted by molar-refractivity contribution is 7.94. The summed E-state index contributed by atoms with van der Waals surface area (Å²) in [5.41, 5.74) is 1.76. The molecule has 10 nitrogen and oxygen atoms in total. The summed E-state index contributed by atoms with van der Waals surface area (Å²) in [4.78, 5) is 14.4. The van der Waals surface area contributed by atoms with Gasteiger partial charge in [0.25, 0.3) is 0 Å². The van der Waals surface area contributed by atoms with Crippen LogP contribution in [0.4, 0.5) is 0 Å². The van der Waals surface area contributed by atoms with Crippen LogP contribution in [0.3, 0.4) is 0 Å². The summed E-state index contributed by atoms with van der Waals surface area (Å²) in [5.74, 6) is -0.324. The van der Waals surface area contributed by atoms with Crippen LogP contribution in [-0.4, -0.2) is 50.3 Å². The fourth-order valence-corrected chi connectivity index (χ4v) is 8.43. The van der Waals surface area contributed by atoms with Crippen molar-refractivity contribution in [2.45, 2.75) is 86.6 Å². The number of fused-ring (bicyclic) bond motifs is 1. The van der Waals surface area contributed by atoms with E-state index < -0.39 is 31.9 Å². The lowest BCUT2D eigenvalue weighted by Gasteiger charge is -2.21. The number of nitrogens with one attached hydrogen (secondary N) is 2. The minimum Gasteiger partial charge on any atom is -0.348 e. The third-order valence-electron chi connectivity index (χ3n) is 8.90. The summed E-state index contributed by atoms with van der Waals surface area (Å²) in [6.45, 7) is 2.34. The number of sulfone groups is 1. The average molecular weight is 742 g/mol. The number of aromatic nitrogens is 3. The minimum absolute atomic E-state index is 0.148. The zero-order valence-corrected chi connectivity index (χ0v) is 31.1. The molecular formula is C40H47N5O5S2. The van der Waals surface area contributed by atoms with Gasteiger partial charge in [-0.25, -0.2) is 26.2 Å². The molecule has 2 atom stereocenters. The lowest BCUT2D eigenvalue weighted by molar-refractivity contribution is -0.125. The van der Waals surface area contributed by atoms with Crippen LogP contribution in [0.2, 0.25) is 0 Å². The van der Waals surface area contributed by atoms with E-state index in [4.69, 9.17) is 0 Å². The van der Waals surface area contributed by atoms with Crippen LogP contribution in [-0.2, 0) is 37.5 Å². The van der Waals surface area contributed by atoms with E-state index in [0.29, 0.717) is 31.1 Å². The van der Waals surface area contributed by atoms with Gasteiger partial charge in [0.15, 0.2) is 9.84 Å². The third kappa shape index (κ3) is 10.9. The fourth-order valence-electron chi connectivity index (χ4n) is 6.04. The molecule has 274 valence electrons. The van der Waals surface area contributed by atoms with Gasteiger partial charge in [-0.1, -0.05) is 122 Å². The van der Waals surface area contributed by atoms with E-state index in [1.165, 1.54) is 18.2 Å². The topological polar surface area (TPSA) is 140 Å². The number of hydrogen-bond acceptors (Lipinski definition) is 7. The summed E-state index contributed by atoms with van der Waals surface area (Å²) in [7, 11) is -7.55. The van der Waals surface area contributed by atoms with Gasteiger partial charge in [0.2, 0.25) is 15.9 Å². The molecule has 0 aliphatic heterocycles. The van der Waals surface area contributed by atoms with Crippen molar-refractivity contribution in [1.82, 2.24) is 25.0 Å². The van der Waals surface area contributed by atoms with E-state index in [-0.39, 0.29) is 22.2 Å². The van der Waals surface area contributed by atoms with Crippen molar-refractivity contribution in [3.05, 3.63) is 132 Å². The second kappa shape index (κ2) is 18.7. The van der Waals surface area contributed by atoms with Crippen LogP contribution >= 0.6 is 0 Å². The van der Waals surface area contributed by atoms with Crippen molar-refractivity contribution in [2.24, 2.45) is 0 Å². The number of carbonyl (C=O) groups is 1. The van der Waals surface area contributed by atoms with Gasteiger partial charge in [-0.2, -0.15) is 0 Å². The molecule has 1 amide bonds. The molecule has 5 rings (SSSR count). The molecule has 0 radical (unpaired) electrons. The summed E-state index contributed by atoms with van der Waals surface area (Å²) in [6.07, 6.45) is 10.2. The first-order valence-corrected chi connectivity index (χ1v) is 20.9. The first-order valence-electron chi connectivity index (χ1n) is 17.9. The molecule has 52 heavy (non-hydrogen) atoms. The number of unbranched alkanes of at least 4 members (excludes halogenated alkanes) is 4. The Labute approximate surface area is 307 Å². The Bertz CT molecular complexity index is 2130. The van der Waals surface area contributed by atoms with Crippen molar-refractivity contribution in [2.75, 3.05) is 6.54 Å². The lowest BCUT2D eigenvalue weighted by atomic mass is 10.0. The van der Waals surface area contributed by atoms with Gasteiger partial charge in [0, 0.05) is 36.0 Å². The molecule has 1 aromatic heterocycles. The first-order chi connectivity index (χ1) is 25.2. The molecule has 5 aromatic rings. The Morgan fingerprint density at radius 2 is 1.52 bits per heavy atom. The number of carbonyl (C=O) groups excluding carboxylic acids is 1. The number of rotatable bonds is 20. The Kier molecular flexibility index (Phi) is 13.9. The SMILES string of the molecule is CCCCCCc1cn([C@@H](Cc2ccccc2)C(=O)N[C@H](/C=C/S(=O)(=O)c2ccccc2)CCCCNS(=O)(=O)c2cccc3ccccc23)nn1. The number of hydrogen-bond donors (Lipinski definition) is 2. The summed E-state index contributed by atoms with van der Waals surface area (Å²) >= 11 is 0. The maximum Gasteiger partial charge on any atom is 0.245 e. The molecular weight excluding hydrogens is 695 g/mol. The number of benzene rings is 4. The molecule has 12 heteroatoms. The normalized spacial score (nSPS) is 13.3. The summed E-state index contributed by atoms with van der Waals surface area (Å²) in [5, 5.41) is 14.4. The van der Waals surface area contributed by atoms with E-state index in [2.05, 4.69) is 27.3 Å². The molecule has 0 aliphatic rings. The van der Waals surface area contributed by atoms with Crippen molar-refractivity contribution in [3.63, 3.8) is 0 Å². The zero-order valence-electron chi connectivity index (χ0n) is 29.5. The quantitative estimate of drug-likeness (QED) is 0.0823. The van der Waals surface area contributed by atoms with Crippen molar-refractivity contribution in [1.29, 1.82) is 0 Å². The molecule has 1 heterocycles. The molecule has 2 N–H and O–H groups in total. The lowest BCUT2D eigenvalue weighted by Crippen LogP contribution is -2.40. The fraction of sp³-hybridized carbons (Fsp3) is 0.325. The molecule has 0 saturated carbocycles. The van der Waals surface area contributed by atoms with Crippen LogP contribution in [0.15, 0.2) is 131 Å². The smallest absolute Gasteiger partial charge is 0.245 e. The molecule has 0 unspecified atom stereocenters. The van der Waals surface area contributed by atoms with Crippen molar-refractivity contribution < 1.29 is 21.6 Å². The van der Waals surface area contributed by atoms with Gasteiger partial charge in [0.05, 0.1) is 15.5 Å². The zero-order chi connectivity index (χ0) is 36.8. The second-order valence-electron chi connectivity index (χ2n) is 12.9. The van der Waals surface area contributed by atoms with E-state index >= 15 is 0 Å².